The number of aryl methyl sites for hydroxylation is 1. The van der Waals surface area contributed by atoms with Crippen LogP contribution in [0.15, 0.2) is 64.1 Å². The molecule has 5 nitrogen and oxygen atoms in total. The SMILES string of the molecule is CCc1sc2ncn(Cc3ccc(C(=O)O)cc3)c(=O)c2c1-c1ccc(Br)cc1. The fourth-order valence-electron chi connectivity index (χ4n) is 3.31. The normalized spacial score (nSPS) is 11.1. The van der Waals surface area contributed by atoms with Gasteiger partial charge in [-0.25, -0.2) is 9.78 Å². The van der Waals surface area contributed by atoms with Gasteiger partial charge in [-0.2, -0.15) is 0 Å². The third kappa shape index (κ3) is 3.75. The van der Waals surface area contributed by atoms with E-state index in [0.717, 1.165) is 37.3 Å². The molecule has 1 N–H and O–H groups in total. The smallest absolute Gasteiger partial charge is 0.335 e. The number of rotatable bonds is 5. The molecule has 0 fully saturated rings. The van der Waals surface area contributed by atoms with E-state index in [2.05, 4.69) is 27.8 Å². The summed E-state index contributed by atoms with van der Waals surface area (Å²) in [7, 11) is 0. The average Bonchev–Trinajstić information content (AvgIpc) is 3.10. The van der Waals surface area contributed by atoms with Gasteiger partial charge in [0.05, 0.1) is 23.8 Å². The van der Waals surface area contributed by atoms with E-state index in [0.29, 0.717) is 11.9 Å². The van der Waals surface area contributed by atoms with Crippen LogP contribution < -0.4 is 5.56 Å². The van der Waals surface area contributed by atoms with E-state index in [9.17, 15) is 9.59 Å². The van der Waals surface area contributed by atoms with E-state index in [1.165, 1.54) is 0 Å². The molecule has 2 heterocycles. The molecule has 0 radical (unpaired) electrons. The number of fused-ring (bicyclic) bond motifs is 1. The van der Waals surface area contributed by atoms with Gasteiger partial charge < -0.3 is 5.11 Å². The molecular weight excluding hydrogens is 452 g/mol. The Morgan fingerprint density at radius 3 is 2.45 bits per heavy atom. The zero-order valence-electron chi connectivity index (χ0n) is 15.6. The van der Waals surface area contributed by atoms with Crippen molar-refractivity contribution in [1.29, 1.82) is 0 Å². The largest absolute Gasteiger partial charge is 0.478 e. The maximum atomic E-state index is 13.3. The van der Waals surface area contributed by atoms with Crippen molar-refractivity contribution in [2.45, 2.75) is 19.9 Å². The Morgan fingerprint density at radius 2 is 1.83 bits per heavy atom. The molecular formula is C22H17BrN2O3S. The van der Waals surface area contributed by atoms with E-state index >= 15 is 0 Å². The minimum Gasteiger partial charge on any atom is -0.478 e. The van der Waals surface area contributed by atoms with E-state index in [4.69, 9.17) is 5.11 Å². The van der Waals surface area contributed by atoms with Crippen molar-refractivity contribution < 1.29 is 9.90 Å². The van der Waals surface area contributed by atoms with E-state index < -0.39 is 5.97 Å². The van der Waals surface area contributed by atoms with Crippen molar-refractivity contribution in [3.8, 4) is 11.1 Å². The number of carboxylic acids is 1. The summed E-state index contributed by atoms with van der Waals surface area (Å²) >= 11 is 5.01. The molecule has 0 saturated carbocycles. The van der Waals surface area contributed by atoms with Crippen LogP contribution in [0.4, 0.5) is 0 Å². The molecule has 2 aromatic heterocycles. The molecule has 4 aromatic rings. The third-order valence-electron chi connectivity index (χ3n) is 4.76. The van der Waals surface area contributed by atoms with E-state index in [-0.39, 0.29) is 11.1 Å². The number of thiophene rings is 1. The molecule has 0 aliphatic carbocycles. The number of aromatic carboxylic acids is 1. The van der Waals surface area contributed by atoms with Crippen molar-refractivity contribution in [3.05, 3.63) is 85.7 Å². The minimum atomic E-state index is -0.971. The molecule has 0 unspecified atom stereocenters. The minimum absolute atomic E-state index is 0.0915. The predicted octanol–water partition coefficient (Wildman–Crippen LogP) is 5.20. The molecule has 29 heavy (non-hydrogen) atoms. The zero-order chi connectivity index (χ0) is 20.5. The number of carboxylic acid groups (broad SMARTS) is 1. The van der Waals surface area contributed by atoms with Gasteiger partial charge in [0.1, 0.15) is 4.83 Å². The fourth-order valence-corrected chi connectivity index (χ4v) is 4.66. The Bertz CT molecular complexity index is 1260. The number of carbonyl (C=O) groups is 1. The molecule has 0 aliphatic heterocycles. The molecule has 7 heteroatoms. The van der Waals surface area contributed by atoms with Gasteiger partial charge in [-0.15, -0.1) is 11.3 Å². The Labute approximate surface area is 179 Å². The molecule has 0 spiro atoms. The second-order valence-electron chi connectivity index (χ2n) is 6.62. The maximum absolute atomic E-state index is 13.3. The highest BCUT2D eigenvalue weighted by molar-refractivity contribution is 9.10. The van der Waals surface area contributed by atoms with Crippen LogP contribution in [0.25, 0.3) is 21.3 Å². The standard InChI is InChI=1S/C22H17BrN2O3S/c1-2-17-18(14-7-9-16(23)10-8-14)19-20(29-17)24-12-25(21(19)26)11-13-3-5-15(6-4-13)22(27)28/h3-10,12H,2,11H2,1H3,(H,27,28). The average molecular weight is 469 g/mol. The first-order valence-electron chi connectivity index (χ1n) is 9.07. The highest BCUT2D eigenvalue weighted by Gasteiger charge is 2.18. The van der Waals surface area contributed by atoms with Crippen LogP contribution in [0, 0.1) is 0 Å². The summed E-state index contributed by atoms with van der Waals surface area (Å²) in [5.41, 5.74) is 2.92. The van der Waals surface area contributed by atoms with E-state index in [1.54, 1.807) is 46.5 Å². The van der Waals surface area contributed by atoms with Gasteiger partial charge in [0, 0.05) is 14.9 Å². The number of benzene rings is 2. The molecule has 0 saturated heterocycles. The quantitative estimate of drug-likeness (QED) is 0.436. The van der Waals surface area contributed by atoms with Crippen molar-refractivity contribution in [1.82, 2.24) is 9.55 Å². The lowest BCUT2D eigenvalue weighted by Crippen LogP contribution is -2.21. The summed E-state index contributed by atoms with van der Waals surface area (Å²) < 4.78 is 2.56. The van der Waals surface area contributed by atoms with Crippen LogP contribution in [0.5, 0.6) is 0 Å². The van der Waals surface area contributed by atoms with Crippen molar-refractivity contribution in [3.63, 3.8) is 0 Å². The highest BCUT2D eigenvalue weighted by atomic mass is 79.9. The van der Waals surface area contributed by atoms with Gasteiger partial charge >= 0.3 is 5.97 Å². The molecule has 2 aromatic carbocycles. The number of hydrogen-bond donors (Lipinski definition) is 1. The Kier molecular flexibility index (Phi) is 5.34. The first-order chi connectivity index (χ1) is 14.0. The maximum Gasteiger partial charge on any atom is 0.335 e. The summed E-state index contributed by atoms with van der Waals surface area (Å²) in [6.07, 6.45) is 2.39. The Morgan fingerprint density at radius 1 is 1.14 bits per heavy atom. The lowest BCUT2D eigenvalue weighted by molar-refractivity contribution is 0.0697. The summed E-state index contributed by atoms with van der Waals surface area (Å²) in [6.45, 7) is 2.41. The first-order valence-corrected chi connectivity index (χ1v) is 10.7. The molecule has 0 atom stereocenters. The number of aromatic nitrogens is 2. The number of halogens is 1. The van der Waals surface area contributed by atoms with Gasteiger partial charge in [-0.05, 0) is 41.8 Å². The zero-order valence-corrected chi connectivity index (χ0v) is 18.0. The predicted molar refractivity (Wildman–Crippen MR) is 119 cm³/mol. The third-order valence-corrected chi connectivity index (χ3v) is 6.53. The second kappa shape index (κ2) is 7.93. The van der Waals surface area contributed by atoms with Crippen LogP contribution in [-0.4, -0.2) is 20.6 Å². The van der Waals surface area contributed by atoms with Crippen LogP contribution in [0.2, 0.25) is 0 Å². The summed E-state index contributed by atoms with van der Waals surface area (Å²) in [5.74, 6) is -0.971. The molecule has 0 amide bonds. The summed E-state index contributed by atoms with van der Waals surface area (Å²) in [4.78, 5) is 30.8. The van der Waals surface area contributed by atoms with Gasteiger partial charge in [-0.1, -0.05) is 47.1 Å². The highest BCUT2D eigenvalue weighted by Crippen LogP contribution is 2.36. The van der Waals surface area contributed by atoms with Crippen molar-refractivity contribution in [2.75, 3.05) is 0 Å². The first kappa shape index (κ1) is 19.5. The fraction of sp³-hybridized carbons (Fsp3) is 0.136. The molecule has 4 rings (SSSR count). The lowest BCUT2D eigenvalue weighted by Gasteiger charge is -2.08. The van der Waals surface area contributed by atoms with Crippen molar-refractivity contribution in [2.24, 2.45) is 0 Å². The van der Waals surface area contributed by atoms with Gasteiger partial charge in [0.25, 0.3) is 5.56 Å². The van der Waals surface area contributed by atoms with Gasteiger partial charge in [0.2, 0.25) is 0 Å². The van der Waals surface area contributed by atoms with E-state index in [1.807, 2.05) is 24.3 Å². The van der Waals surface area contributed by atoms with Gasteiger partial charge in [-0.3, -0.25) is 9.36 Å². The molecule has 0 aliphatic rings. The Balaban J connectivity index is 1.82. The lowest BCUT2D eigenvalue weighted by atomic mass is 10.0. The monoisotopic (exact) mass is 468 g/mol. The number of nitrogens with zero attached hydrogens (tertiary/aromatic N) is 2. The summed E-state index contributed by atoms with van der Waals surface area (Å²) in [5, 5.41) is 9.68. The molecule has 0 bridgehead atoms. The molecule has 146 valence electrons. The number of hydrogen-bond acceptors (Lipinski definition) is 4. The van der Waals surface area contributed by atoms with Crippen molar-refractivity contribution >= 4 is 43.5 Å². The second-order valence-corrected chi connectivity index (χ2v) is 8.62. The van der Waals surface area contributed by atoms with Crippen LogP contribution in [0.3, 0.4) is 0 Å². The summed E-state index contributed by atoms with van der Waals surface area (Å²) in [6, 6.07) is 14.5. The Hall–Kier alpha value is -2.77. The van der Waals surface area contributed by atoms with Gasteiger partial charge in [0.15, 0.2) is 0 Å². The topological polar surface area (TPSA) is 72.2 Å². The van der Waals surface area contributed by atoms with Crippen LogP contribution >= 0.6 is 27.3 Å². The van der Waals surface area contributed by atoms with Crippen LogP contribution in [0.1, 0.15) is 27.7 Å². The van der Waals surface area contributed by atoms with Crippen LogP contribution in [-0.2, 0) is 13.0 Å².